The van der Waals surface area contributed by atoms with Gasteiger partial charge in [0.2, 0.25) is 5.95 Å². The Morgan fingerprint density at radius 3 is 2.47 bits per heavy atom. The van der Waals surface area contributed by atoms with Gasteiger partial charge >= 0.3 is 12.5 Å². The highest BCUT2D eigenvalue weighted by Crippen LogP contribution is 2.41. The third-order valence-electron chi connectivity index (χ3n) is 6.17. The van der Waals surface area contributed by atoms with Gasteiger partial charge in [-0.15, -0.1) is 13.2 Å². The van der Waals surface area contributed by atoms with Gasteiger partial charge in [-0.1, -0.05) is 12.1 Å². The molecule has 0 radical (unpaired) electrons. The number of alkyl halides is 6. The van der Waals surface area contributed by atoms with Crippen molar-refractivity contribution in [3.63, 3.8) is 0 Å². The zero-order chi connectivity index (χ0) is 26.9. The molecule has 14 heteroatoms. The third-order valence-corrected chi connectivity index (χ3v) is 6.17. The van der Waals surface area contributed by atoms with E-state index in [1.807, 2.05) is 4.90 Å². The smallest absolute Gasteiger partial charge is 0.486 e. The first kappa shape index (κ1) is 25.7. The lowest BCUT2D eigenvalue weighted by molar-refractivity contribution is -0.274. The molecule has 5 rings (SSSR count). The summed E-state index contributed by atoms with van der Waals surface area (Å²) >= 11 is 0. The number of piperidine rings is 1. The van der Waals surface area contributed by atoms with Crippen molar-refractivity contribution in [2.45, 2.75) is 31.4 Å². The first-order chi connectivity index (χ1) is 18.1. The predicted molar refractivity (Wildman–Crippen MR) is 126 cm³/mol. The molecule has 38 heavy (non-hydrogen) atoms. The number of pyridine rings is 1. The summed E-state index contributed by atoms with van der Waals surface area (Å²) < 4.78 is 87.7. The first-order valence-corrected chi connectivity index (χ1v) is 11.7. The van der Waals surface area contributed by atoms with Crippen LogP contribution >= 0.6 is 0 Å². The van der Waals surface area contributed by atoms with E-state index in [9.17, 15) is 26.3 Å². The molecule has 8 nitrogen and oxygen atoms in total. The van der Waals surface area contributed by atoms with Crippen LogP contribution in [0.4, 0.5) is 49.5 Å². The van der Waals surface area contributed by atoms with Crippen LogP contribution in [0.15, 0.2) is 48.8 Å². The number of aromatic nitrogens is 3. The molecule has 0 unspecified atom stereocenters. The van der Waals surface area contributed by atoms with Crippen LogP contribution in [0, 0.1) is 0 Å². The van der Waals surface area contributed by atoms with Crippen LogP contribution in [-0.2, 0) is 6.18 Å². The maximum Gasteiger partial charge on any atom is 0.573 e. The van der Waals surface area contributed by atoms with E-state index in [0.717, 1.165) is 12.3 Å². The summed E-state index contributed by atoms with van der Waals surface area (Å²) in [5.74, 6) is 0.505. The van der Waals surface area contributed by atoms with Crippen LogP contribution in [0.5, 0.6) is 11.5 Å². The highest BCUT2D eigenvalue weighted by Gasteiger charge is 2.35. The molecule has 2 aliphatic rings. The number of nitrogens with zero attached hydrogens (tertiary/aromatic N) is 5. The fraction of sp³-hybridized carbons (Fsp3) is 0.375. The molecule has 0 amide bonds. The van der Waals surface area contributed by atoms with Crippen LogP contribution in [0.25, 0.3) is 0 Å². The molecule has 1 N–H and O–H groups in total. The lowest BCUT2D eigenvalue weighted by atomic mass is 10.0. The van der Waals surface area contributed by atoms with Gasteiger partial charge in [0.1, 0.15) is 12.3 Å². The molecule has 3 aromatic rings. The number of hydrogen-bond acceptors (Lipinski definition) is 8. The van der Waals surface area contributed by atoms with E-state index in [2.05, 4.69) is 25.0 Å². The summed E-state index contributed by atoms with van der Waals surface area (Å²) in [4.78, 5) is 15.6. The normalized spacial score (nSPS) is 16.6. The summed E-state index contributed by atoms with van der Waals surface area (Å²) in [7, 11) is 0. The van der Waals surface area contributed by atoms with Crippen molar-refractivity contribution < 1.29 is 35.8 Å². The summed E-state index contributed by atoms with van der Waals surface area (Å²) in [6.45, 7) is 1.46. The zero-order valence-electron chi connectivity index (χ0n) is 19.8. The van der Waals surface area contributed by atoms with E-state index in [0.29, 0.717) is 43.2 Å². The molecule has 0 atom stereocenters. The van der Waals surface area contributed by atoms with E-state index >= 15 is 0 Å². The number of halogens is 6. The van der Waals surface area contributed by atoms with Crippen LogP contribution < -0.4 is 24.6 Å². The minimum Gasteiger partial charge on any atom is -0.486 e. The summed E-state index contributed by atoms with van der Waals surface area (Å²) in [6, 6.07) is 8.30. The largest absolute Gasteiger partial charge is 0.573 e. The molecule has 4 heterocycles. The van der Waals surface area contributed by atoms with Crippen molar-refractivity contribution in [3.8, 4) is 11.5 Å². The van der Waals surface area contributed by atoms with Gasteiger partial charge in [0.25, 0.3) is 0 Å². The Hall–Kier alpha value is -3.97. The van der Waals surface area contributed by atoms with Gasteiger partial charge in [0.05, 0.1) is 18.4 Å². The molecule has 0 bridgehead atoms. The lowest BCUT2D eigenvalue weighted by Gasteiger charge is -2.34. The molecule has 2 aromatic heterocycles. The Kier molecular flexibility index (Phi) is 6.80. The predicted octanol–water partition coefficient (Wildman–Crippen LogP) is 5.40. The van der Waals surface area contributed by atoms with Gasteiger partial charge in [-0.3, -0.25) is 4.98 Å². The Morgan fingerprint density at radius 2 is 1.74 bits per heavy atom. The maximum absolute atomic E-state index is 13.0. The lowest BCUT2D eigenvalue weighted by Crippen LogP contribution is -2.39. The molecule has 0 spiro atoms. The number of rotatable bonds is 5. The third kappa shape index (κ3) is 5.78. The number of hydrogen-bond donors (Lipinski definition) is 1. The quantitative estimate of drug-likeness (QED) is 0.432. The van der Waals surface area contributed by atoms with E-state index in [1.54, 1.807) is 17.0 Å². The Bertz CT molecular complexity index is 1280. The molecule has 0 aliphatic carbocycles. The number of ether oxygens (including phenoxy) is 2. The number of benzene rings is 1. The van der Waals surface area contributed by atoms with Crippen LogP contribution in [0.2, 0.25) is 0 Å². The molecule has 1 aromatic carbocycles. The van der Waals surface area contributed by atoms with Crippen molar-refractivity contribution in [1.82, 2.24) is 15.0 Å². The maximum atomic E-state index is 13.0. The Balaban J connectivity index is 1.29. The molecule has 202 valence electrons. The first-order valence-electron chi connectivity index (χ1n) is 11.7. The van der Waals surface area contributed by atoms with Gasteiger partial charge in [-0.05, 0) is 37.1 Å². The second-order valence-corrected chi connectivity index (χ2v) is 8.70. The van der Waals surface area contributed by atoms with E-state index in [4.69, 9.17) is 4.74 Å². The van der Waals surface area contributed by atoms with E-state index in [-0.39, 0.29) is 36.6 Å². The summed E-state index contributed by atoms with van der Waals surface area (Å²) in [5, 5.41) is 3.23. The second-order valence-electron chi connectivity index (χ2n) is 8.70. The van der Waals surface area contributed by atoms with Gasteiger partial charge in [0.15, 0.2) is 17.3 Å². The highest BCUT2D eigenvalue weighted by molar-refractivity contribution is 5.72. The molecule has 2 aliphatic heterocycles. The molecular weight excluding hydrogens is 518 g/mol. The summed E-state index contributed by atoms with van der Waals surface area (Å²) in [5.41, 5.74) is -0.307. The average Bonchev–Trinajstić information content (AvgIpc) is 2.88. The van der Waals surface area contributed by atoms with E-state index in [1.165, 1.54) is 24.4 Å². The standard InChI is InChI=1S/C24H22F6N6O2/c25-23(26,27)20-13-16(5-8-31-20)35-9-6-15(7-10-35)33-22-32-14-19-21(34-22)36(11-12-37-19)17-3-1-2-4-18(17)38-24(28,29)30/h1-5,8,13-15H,6-7,9-12H2,(H,32,33,34). The SMILES string of the molecule is FC(F)(F)Oc1ccccc1N1CCOc2cnc(NC3CCN(c4ccnc(C(F)(F)F)c4)CC3)nc21. The fourth-order valence-electron chi connectivity index (χ4n) is 4.44. The second kappa shape index (κ2) is 10.1. The zero-order valence-corrected chi connectivity index (χ0v) is 19.8. The van der Waals surface area contributed by atoms with Crippen molar-refractivity contribution in [2.24, 2.45) is 0 Å². The van der Waals surface area contributed by atoms with Gasteiger partial charge in [-0.25, -0.2) is 4.98 Å². The highest BCUT2D eigenvalue weighted by atomic mass is 19.4. The van der Waals surface area contributed by atoms with Gasteiger partial charge in [0, 0.05) is 31.0 Å². The topological polar surface area (TPSA) is 75.6 Å². The number of para-hydroxylation sites is 2. The van der Waals surface area contributed by atoms with Crippen molar-refractivity contribution in [2.75, 3.05) is 41.4 Å². The van der Waals surface area contributed by atoms with Crippen LogP contribution in [0.1, 0.15) is 18.5 Å². The molecule has 0 saturated carbocycles. The number of nitrogens with one attached hydrogen (secondary N) is 1. The van der Waals surface area contributed by atoms with E-state index < -0.39 is 18.2 Å². The number of fused-ring (bicyclic) bond motifs is 1. The number of anilines is 4. The monoisotopic (exact) mass is 540 g/mol. The van der Waals surface area contributed by atoms with Crippen molar-refractivity contribution in [3.05, 3.63) is 54.5 Å². The molecule has 1 saturated heterocycles. The average molecular weight is 540 g/mol. The van der Waals surface area contributed by atoms with Crippen molar-refractivity contribution in [1.29, 1.82) is 0 Å². The summed E-state index contributed by atoms with van der Waals surface area (Å²) in [6.07, 6.45) is -5.57. The minimum absolute atomic E-state index is 0.0629. The van der Waals surface area contributed by atoms with Crippen LogP contribution in [0.3, 0.4) is 0 Å². The van der Waals surface area contributed by atoms with Gasteiger partial charge in [-0.2, -0.15) is 18.2 Å². The Labute approximate surface area is 213 Å². The van der Waals surface area contributed by atoms with Crippen molar-refractivity contribution >= 4 is 23.1 Å². The van der Waals surface area contributed by atoms with Gasteiger partial charge < -0.3 is 24.6 Å². The Morgan fingerprint density at radius 1 is 0.974 bits per heavy atom. The molecule has 1 fully saturated rings. The minimum atomic E-state index is -4.86. The molecular formula is C24H22F6N6O2. The van der Waals surface area contributed by atoms with Crippen LogP contribution in [-0.4, -0.2) is 53.6 Å². The fourth-order valence-corrected chi connectivity index (χ4v) is 4.44.